The second-order valence-electron chi connectivity index (χ2n) is 4.82. The average molecular weight is 286 g/mol. The van der Waals surface area contributed by atoms with Gasteiger partial charge in [-0.15, -0.1) is 0 Å². The molecule has 21 heavy (non-hydrogen) atoms. The van der Waals surface area contributed by atoms with Crippen LogP contribution in [0.15, 0.2) is 54.6 Å². The molecule has 2 aromatic carbocycles. The Bertz CT molecular complexity index is 587. The third-order valence-electron chi connectivity index (χ3n) is 3.27. The summed E-state index contributed by atoms with van der Waals surface area (Å²) >= 11 is 0. The van der Waals surface area contributed by atoms with Crippen LogP contribution in [0.2, 0.25) is 0 Å². The SMILES string of the molecule is OC[C@H](O)[C@@H](/C=C\c1ccc(O)cc1)c1ccc(O)cc1. The highest BCUT2D eigenvalue weighted by molar-refractivity contribution is 5.52. The lowest BCUT2D eigenvalue weighted by Gasteiger charge is -2.18. The van der Waals surface area contributed by atoms with E-state index in [0.717, 1.165) is 11.1 Å². The van der Waals surface area contributed by atoms with E-state index in [0.29, 0.717) is 0 Å². The Morgan fingerprint density at radius 2 is 1.38 bits per heavy atom. The summed E-state index contributed by atoms with van der Waals surface area (Å²) in [6.45, 7) is -0.356. The summed E-state index contributed by atoms with van der Waals surface area (Å²) < 4.78 is 0. The number of hydrogen-bond acceptors (Lipinski definition) is 4. The molecule has 0 aliphatic heterocycles. The van der Waals surface area contributed by atoms with Crippen molar-refractivity contribution in [3.63, 3.8) is 0 Å². The summed E-state index contributed by atoms with van der Waals surface area (Å²) in [4.78, 5) is 0. The molecule has 0 aliphatic rings. The molecule has 0 aromatic heterocycles. The van der Waals surface area contributed by atoms with E-state index in [1.54, 1.807) is 54.6 Å². The molecule has 2 atom stereocenters. The standard InChI is InChI=1S/C17H18O4/c18-11-17(21)16(13-4-8-15(20)9-5-13)10-3-12-1-6-14(19)7-2-12/h1-10,16-21H,11H2/b10-3-/t16-,17-/m0/s1. The van der Waals surface area contributed by atoms with E-state index in [-0.39, 0.29) is 24.0 Å². The van der Waals surface area contributed by atoms with Gasteiger partial charge in [0.05, 0.1) is 12.7 Å². The first kappa shape index (κ1) is 15.1. The van der Waals surface area contributed by atoms with Gasteiger partial charge in [-0.05, 0) is 35.4 Å². The van der Waals surface area contributed by atoms with Crippen molar-refractivity contribution in [2.75, 3.05) is 6.61 Å². The van der Waals surface area contributed by atoms with E-state index in [1.807, 2.05) is 6.08 Å². The second kappa shape index (κ2) is 6.92. The largest absolute Gasteiger partial charge is 0.508 e. The number of aromatic hydroxyl groups is 2. The van der Waals surface area contributed by atoms with Crippen LogP contribution < -0.4 is 0 Å². The third-order valence-corrected chi connectivity index (χ3v) is 3.27. The lowest BCUT2D eigenvalue weighted by molar-refractivity contribution is 0.0842. The minimum absolute atomic E-state index is 0.151. The smallest absolute Gasteiger partial charge is 0.115 e. The van der Waals surface area contributed by atoms with Crippen molar-refractivity contribution in [2.24, 2.45) is 0 Å². The van der Waals surface area contributed by atoms with E-state index in [1.165, 1.54) is 0 Å². The number of aliphatic hydroxyl groups is 2. The first-order valence-corrected chi connectivity index (χ1v) is 6.65. The Balaban J connectivity index is 2.24. The van der Waals surface area contributed by atoms with Crippen molar-refractivity contribution in [1.29, 1.82) is 0 Å². The first-order valence-electron chi connectivity index (χ1n) is 6.65. The van der Waals surface area contributed by atoms with Gasteiger partial charge in [-0.1, -0.05) is 36.4 Å². The lowest BCUT2D eigenvalue weighted by Crippen LogP contribution is -2.20. The number of rotatable bonds is 5. The molecule has 4 nitrogen and oxygen atoms in total. The van der Waals surface area contributed by atoms with Crippen LogP contribution in [0, 0.1) is 0 Å². The molecule has 0 saturated carbocycles. The van der Waals surface area contributed by atoms with Crippen LogP contribution in [0.25, 0.3) is 6.08 Å². The van der Waals surface area contributed by atoms with Crippen molar-refractivity contribution in [3.8, 4) is 11.5 Å². The van der Waals surface area contributed by atoms with Crippen molar-refractivity contribution in [3.05, 3.63) is 65.7 Å². The number of hydrogen-bond donors (Lipinski definition) is 4. The van der Waals surface area contributed by atoms with Gasteiger partial charge < -0.3 is 20.4 Å². The molecule has 0 radical (unpaired) electrons. The molecule has 0 amide bonds. The van der Waals surface area contributed by atoms with Gasteiger partial charge in [0.2, 0.25) is 0 Å². The summed E-state index contributed by atoms with van der Waals surface area (Å²) in [5.74, 6) is -0.0412. The first-order chi connectivity index (χ1) is 10.1. The number of benzene rings is 2. The van der Waals surface area contributed by atoms with Gasteiger partial charge in [0.25, 0.3) is 0 Å². The Kier molecular flexibility index (Phi) is 4.98. The van der Waals surface area contributed by atoms with E-state index >= 15 is 0 Å². The zero-order valence-corrected chi connectivity index (χ0v) is 11.4. The minimum atomic E-state index is -0.928. The second-order valence-corrected chi connectivity index (χ2v) is 4.82. The molecule has 0 saturated heterocycles. The van der Waals surface area contributed by atoms with Crippen LogP contribution in [-0.2, 0) is 0 Å². The quantitative estimate of drug-likeness (QED) is 0.679. The van der Waals surface area contributed by atoms with Crippen LogP contribution >= 0.6 is 0 Å². The summed E-state index contributed by atoms with van der Waals surface area (Å²) in [5, 5.41) is 37.7. The maximum Gasteiger partial charge on any atom is 0.115 e. The molecule has 0 aliphatic carbocycles. The summed E-state index contributed by atoms with van der Waals surface area (Å²) in [6, 6.07) is 13.2. The van der Waals surface area contributed by atoms with Crippen LogP contribution in [0.4, 0.5) is 0 Å². The van der Waals surface area contributed by atoms with Gasteiger partial charge in [0.1, 0.15) is 11.5 Å². The van der Waals surface area contributed by atoms with Gasteiger partial charge in [-0.2, -0.15) is 0 Å². The summed E-state index contributed by atoms with van der Waals surface area (Å²) in [5.41, 5.74) is 1.67. The monoisotopic (exact) mass is 286 g/mol. The van der Waals surface area contributed by atoms with Crippen molar-refractivity contribution in [2.45, 2.75) is 12.0 Å². The average Bonchev–Trinajstić information content (AvgIpc) is 2.50. The van der Waals surface area contributed by atoms with E-state index in [2.05, 4.69) is 0 Å². The van der Waals surface area contributed by atoms with E-state index in [4.69, 9.17) is 0 Å². The zero-order valence-electron chi connectivity index (χ0n) is 11.4. The summed E-state index contributed by atoms with van der Waals surface area (Å²) in [7, 11) is 0. The predicted octanol–water partition coefficient (Wildman–Crippen LogP) is 2.25. The molecule has 4 N–H and O–H groups in total. The van der Waals surface area contributed by atoms with Crippen LogP contribution in [-0.4, -0.2) is 33.1 Å². The molecule has 2 aromatic rings. The van der Waals surface area contributed by atoms with E-state index < -0.39 is 6.10 Å². The number of aliphatic hydroxyl groups excluding tert-OH is 2. The molecule has 0 spiro atoms. The van der Waals surface area contributed by atoms with Crippen LogP contribution in [0.5, 0.6) is 11.5 Å². The fraction of sp³-hybridized carbons (Fsp3) is 0.176. The highest BCUT2D eigenvalue weighted by atomic mass is 16.3. The van der Waals surface area contributed by atoms with E-state index in [9.17, 15) is 20.4 Å². The Hall–Kier alpha value is -2.30. The molecule has 0 heterocycles. The van der Waals surface area contributed by atoms with Gasteiger partial charge in [0, 0.05) is 5.92 Å². The molecular weight excluding hydrogens is 268 g/mol. The Morgan fingerprint density at radius 1 is 0.857 bits per heavy atom. The van der Waals surface area contributed by atoms with Crippen LogP contribution in [0.1, 0.15) is 17.0 Å². The van der Waals surface area contributed by atoms with Gasteiger partial charge >= 0.3 is 0 Å². The molecule has 4 heteroatoms. The minimum Gasteiger partial charge on any atom is -0.508 e. The molecule has 0 bridgehead atoms. The van der Waals surface area contributed by atoms with Crippen molar-refractivity contribution < 1.29 is 20.4 Å². The fourth-order valence-electron chi connectivity index (χ4n) is 2.07. The summed E-state index contributed by atoms with van der Waals surface area (Å²) in [6.07, 6.45) is 2.68. The highest BCUT2D eigenvalue weighted by Gasteiger charge is 2.17. The molecule has 0 fully saturated rings. The lowest BCUT2D eigenvalue weighted by atomic mass is 9.92. The maximum absolute atomic E-state index is 9.96. The zero-order chi connectivity index (χ0) is 15.2. The van der Waals surface area contributed by atoms with Gasteiger partial charge in [-0.25, -0.2) is 0 Å². The highest BCUT2D eigenvalue weighted by Crippen LogP contribution is 2.25. The molecule has 0 unspecified atom stereocenters. The number of phenols is 2. The van der Waals surface area contributed by atoms with Crippen molar-refractivity contribution in [1.82, 2.24) is 0 Å². The Morgan fingerprint density at radius 3 is 1.90 bits per heavy atom. The molecule has 2 rings (SSSR count). The van der Waals surface area contributed by atoms with Crippen LogP contribution in [0.3, 0.4) is 0 Å². The predicted molar refractivity (Wildman–Crippen MR) is 81.1 cm³/mol. The normalized spacial score (nSPS) is 14.2. The molecule has 110 valence electrons. The third kappa shape index (κ3) is 4.08. The van der Waals surface area contributed by atoms with Gasteiger partial charge in [-0.3, -0.25) is 0 Å². The topological polar surface area (TPSA) is 80.9 Å². The maximum atomic E-state index is 9.96. The Labute approximate surface area is 123 Å². The fourth-order valence-corrected chi connectivity index (χ4v) is 2.07. The van der Waals surface area contributed by atoms with Gasteiger partial charge in [0.15, 0.2) is 0 Å². The van der Waals surface area contributed by atoms with Crippen molar-refractivity contribution >= 4 is 6.08 Å². The number of phenolic OH excluding ortho intramolecular Hbond substituents is 2. The molecular formula is C17H18O4.